The number of rotatable bonds is 6. The van der Waals surface area contributed by atoms with Crippen LogP contribution in [0.2, 0.25) is 0 Å². The number of carbonyl (C=O) groups is 2. The summed E-state index contributed by atoms with van der Waals surface area (Å²) in [5, 5.41) is 4.84. The fourth-order valence-corrected chi connectivity index (χ4v) is 1.92. The molecule has 0 aliphatic heterocycles. The Labute approximate surface area is 104 Å². The van der Waals surface area contributed by atoms with Gasteiger partial charge in [-0.05, 0) is 25.3 Å². The van der Waals surface area contributed by atoms with Gasteiger partial charge in [0.2, 0.25) is 0 Å². The molecular formula is C11H15NO4S. The molecule has 0 atom stereocenters. The van der Waals surface area contributed by atoms with E-state index in [1.54, 1.807) is 18.4 Å². The molecule has 0 spiro atoms. The first-order valence-electron chi connectivity index (χ1n) is 5.31. The zero-order chi connectivity index (χ0) is 12.7. The Bertz CT molecular complexity index is 389. The molecule has 1 N–H and O–H groups in total. The minimum atomic E-state index is -0.430. The van der Waals surface area contributed by atoms with Gasteiger partial charge >= 0.3 is 5.97 Å². The molecular weight excluding hydrogens is 242 g/mol. The van der Waals surface area contributed by atoms with Crippen molar-refractivity contribution in [2.24, 2.45) is 0 Å². The second kappa shape index (κ2) is 7.03. The molecule has 1 aromatic heterocycles. The molecule has 6 heteroatoms. The topological polar surface area (TPSA) is 64.6 Å². The lowest BCUT2D eigenvalue weighted by molar-refractivity contribution is -0.120. The third-order valence-electron chi connectivity index (χ3n) is 1.85. The summed E-state index contributed by atoms with van der Waals surface area (Å²) in [6.45, 7) is 4.31. The standard InChI is InChI=1S/C11H15NO4S/c1-3-15-7-9(13)12-10-8(5-6-17-10)11(14)16-4-2/h5-6H,3-4,7H2,1-2H3,(H,12,13). The normalized spacial score (nSPS) is 10.0. The molecule has 0 fully saturated rings. The average molecular weight is 257 g/mol. The first-order chi connectivity index (χ1) is 8.19. The van der Waals surface area contributed by atoms with Gasteiger partial charge in [-0.3, -0.25) is 4.79 Å². The summed E-state index contributed by atoms with van der Waals surface area (Å²) >= 11 is 1.28. The van der Waals surface area contributed by atoms with Crippen molar-refractivity contribution in [3.8, 4) is 0 Å². The molecule has 0 unspecified atom stereocenters. The Kier molecular flexibility index (Phi) is 5.65. The molecule has 0 aliphatic rings. The van der Waals surface area contributed by atoms with Gasteiger partial charge in [-0.25, -0.2) is 4.79 Å². The summed E-state index contributed by atoms with van der Waals surface area (Å²) in [5.41, 5.74) is 0.377. The van der Waals surface area contributed by atoms with Gasteiger partial charge in [0.25, 0.3) is 5.91 Å². The third-order valence-corrected chi connectivity index (χ3v) is 2.68. The van der Waals surface area contributed by atoms with Crippen LogP contribution in [-0.4, -0.2) is 31.7 Å². The Balaban J connectivity index is 2.62. The van der Waals surface area contributed by atoms with Gasteiger partial charge < -0.3 is 14.8 Å². The number of anilines is 1. The van der Waals surface area contributed by atoms with E-state index in [4.69, 9.17) is 9.47 Å². The van der Waals surface area contributed by atoms with Gasteiger partial charge in [-0.1, -0.05) is 0 Å². The summed E-state index contributed by atoms with van der Waals surface area (Å²) in [4.78, 5) is 22.9. The number of amides is 1. The van der Waals surface area contributed by atoms with Crippen molar-refractivity contribution >= 4 is 28.2 Å². The summed E-state index contributed by atoms with van der Waals surface area (Å²) in [6, 6.07) is 1.62. The van der Waals surface area contributed by atoms with E-state index in [1.807, 2.05) is 6.92 Å². The second-order valence-corrected chi connectivity index (χ2v) is 3.99. The van der Waals surface area contributed by atoms with E-state index in [0.29, 0.717) is 23.8 Å². The van der Waals surface area contributed by atoms with Gasteiger partial charge in [0.05, 0.1) is 12.2 Å². The first kappa shape index (κ1) is 13.7. The van der Waals surface area contributed by atoms with Crippen LogP contribution >= 0.6 is 11.3 Å². The van der Waals surface area contributed by atoms with Crippen LogP contribution in [0.3, 0.4) is 0 Å². The summed E-state index contributed by atoms with van der Waals surface area (Å²) in [7, 11) is 0. The number of ether oxygens (including phenoxy) is 2. The minimum absolute atomic E-state index is 0.0172. The lowest BCUT2D eigenvalue weighted by Gasteiger charge is -2.05. The number of thiophene rings is 1. The Morgan fingerprint density at radius 2 is 2.12 bits per heavy atom. The summed E-state index contributed by atoms with van der Waals surface area (Å²) in [6.07, 6.45) is 0. The highest BCUT2D eigenvalue weighted by molar-refractivity contribution is 7.14. The molecule has 0 saturated carbocycles. The average Bonchev–Trinajstić information content (AvgIpc) is 2.75. The fourth-order valence-electron chi connectivity index (χ4n) is 1.13. The minimum Gasteiger partial charge on any atom is -0.462 e. The molecule has 1 rings (SSSR count). The number of carbonyl (C=O) groups excluding carboxylic acids is 2. The highest BCUT2D eigenvalue weighted by Gasteiger charge is 2.15. The number of hydrogen-bond donors (Lipinski definition) is 1. The van der Waals surface area contributed by atoms with Crippen LogP contribution in [0.15, 0.2) is 11.4 Å². The highest BCUT2D eigenvalue weighted by atomic mass is 32.1. The van der Waals surface area contributed by atoms with E-state index in [-0.39, 0.29) is 12.5 Å². The maximum atomic E-state index is 11.5. The Morgan fingerprint density at radius 3 is 2.76 bits per heavy atom. The smallest absolute Gasteiger partial charge is 0.341 e. The van der Waals surface area contributed by atoms with Crippen LogP contribution in [-0.2, 0) is 14.3 Å². The van der Waals surface area contributed by atoms with Crippen molar-refractivity contribution in [3.05, 3.63) is 17.0 Å². The summed E-state index contributed by atoms with van der Waals surface area (Å²) in [5.74, 6) is -0.708. The highest BCUT2D eigenvalue weighted by Crippen LogP contribution is 2.23. The molecule has 0 radical (unpaired) electrons. The van der Waals surface area contributed by atoms with Crippen molar-refractivity contribution in [2.45, 2.75) is 13.8 Å². The lowest BCUT2D eigenvalue weighted by atomic mass is 10.3. The van der Waals surface area contributed by atoms with Crippen molar-refractivity contribution in [1.82, 2.24) is 0 Å². The lowest BCUT2D eigenvalue weighted by Crippen LogP contribution is -2.19. The molecule has 0 saturated heterocycles. The Hall–Kier alpha value is -1.40. The number of nitrogens with one attached hydrogen (secondary N) is 1. The zero-order valence-electron chi connectivity index (χ0n) is 9.82. The van der Waals surface area contributed by atoms with E-state index < -0.39 is 5.97 Å². The largest absolute Gasteiger partial charge is 0.462 e. The molecule has 5 nitrogen and oxygen atoms in total. The maximum absolute atomic E-state index is 11.5. The second-order valence-electron chi connectivity index (χ2n) is 3.07. The van der Waals surface area contributed by atoms with Crippen molar-refractivity contribution in [2.75, 3.05) is 25.1 Å². The SMILES string of the molecule is CCOCC(=O)Nc1sccc1C(=O)OCC. The van der Waals surface area contributed by atoms with Crippen molar-refractivity contribution in [1.29, 1.82) is 0 Å². The maximum Gasteiger partial charge on any atom is 0.341 e. The fraction of sp³-hybridized carbons (Fsp3) is 0.455. The van der Waals surface area contributed by atoms with Crippen LogP contribution in [0, 0.1) is 0 Å². The monoisotopic (exact) mass is 257 g/mol. The van der Waals surface area contributed by atoms with E-state index >= 15 is 0 Å². The van der Waals surface area contributed by atoms with Crippen LogP contribution in [0.4, 0.5) is 5.00 Å². The van der Waals surface area contributed by atoms with E-state index in [2.05, 4.69) is 5.32 Å². The molecule has 1 heterocycles. The molecule has 94 valence electrons. The molecule has 17 heavy (non-hydrogen) atoms. The quantitative estimate of drug-likeness (QED) is 0.790. The summed E-state index contributed by atoms with van der Waals surface area (Å²) < 4.78 is 9.84. The predicted molar refractivity (Wildman–Crippen MR) is 65.4 cm³/mol. The van der Waals surface area contributed by atoms with Gasteiger partial charge in [-0.2, -0.15) is 0 Å². The molecule has 0 bridgehead atoms. The van der Waals surface area contributed by atoms with E-state index in [9.17, 15) is 9.59 Å². The van der Waals surface area contributed by atoms with Crippen LogP contribution in [0.25, 0.3) is 0 Å². The van der Waals surface area contributed by atoms with E-state index in [1.165, 1.54) is 11.3 Å². The molecule has 0 aromatic carbocycles. The Morgan fingerprint density at radius 1 is 1.35 bits per heavy atom. The zero-order valence-corrected chi connectivity index (χ0v) is 10.6. The van der Waals surface area contributed by atoms with Gasteiger partial charge in [0.1, 0.15) is 11.6 Å². The van der Waals surface area contributed by atoms with Crippen LogP contribution in [0.5, 0.6) is 0 Å². The van der Waals surface area contributed by atoms with Gasteiger partial charge in [-0.15, -0.1) is 11.3 Å². The molecule has 0 aliphatic carbocycles. The van der Waals surface area contributed by atoms with Gasteiger partial charge in [0.15, 0.2) is 0 Å². The van der Waals surface area contributed by atoms with Gasteiger partial charge in [0, 0.05) is 6.61 Å². The van der Waals surface area contributed by atoms with Crippen molar-refractivity contribution < 1.29 is 19.1 Å². The van der Waals surface area contributed by atoms with Crippen LogP contribution in [0.1, 0.15) is 24.2 Å². The number of esters is 1. The first-order valence-corrected chi connectivity index (χ1v) is 6.19. The number of hydrogen-bond acceptors (Lipinski definition) is 5. The molecule has 1 amide bonds. The molecule has 1 aromatic rings. The third kappa shape index (κ3) is 4.16. The van der Waals surface area contributed by atoms with Crippen LogP contribution < -0.4 is 5.32 Å². The predicted octanol–water partition coefficient (Wildman–Crippen LogP) is 1.90. The van der Waals surface area contributed by atoms with E-state index in [0.717, 1.165) is 0 Å². The van der Waals surface area contributed by atoms with Crippen molar-refractivity contribution in [3.63, 3.8) is 0 Å².